The molecule has 0 amide bonds. The summed E-state index contributed by atoms with van der Waals surface area (Å²) in [7, 11) is 0. The van der Waals surface area contributed by atoms with Gasteiger partial charge in [-0.1, -0.05) is 57.0 Å². The summed E-state index contributed by atoms with van der Waals surface area (Å²) < 4.78 is 0. The number of rotatable bonds is 3. The highest BCUT2D eigenvalue weighted by Crippen LogP contribution is 2.42. The molecule has 0 heterocycles. The normalized spacial score (nSPS) is 25.5. The van der Waals surface area contributed by atoms with Crippen LogP contribution in [0.25, 0.3) is 0 Å². The van der Waals surface area contributed by atoms with Crippen molar-refractivity contribution < 1.29 is 5.11 Å². The van der Waals surface area contributed by atoms with Gasteiger partial charge in [0.2, 0.25) is 0 Å². The van der Waals surface area contributed by atoms with Gasteiger partial charge in [0.25, 0.3) is 0 Å². The van der Waals surface area contributed by atoms with Crippen molar-refractivity contribution in [3.8, 4) is 0 Å². The molecule has 1 fully saturated rings. The van der Waals surface area contributed by atoms with Crippen molar-refractivity contribution in [2.24, 2.45) is 11.3 Å². The second kappa shape index (κ2) is 5.22. The molecule has 0 aromatic heterocycles. The van der Waals surface area contributed by atoms with Crippen molar-refractivity contribution in [2.45, 2.75) is 52.1 Å². The minimum atomic E-state index is -0.187. The summed E-state index contributed by atoms with van der Waals surface area (Å²) >= 11 is 0. The van der Waals surface area contributed by atoms with E-state index in [0.717, 1.165) is 6.42 Å². The van der Waals surface area contributed by atoms with Crippen molar-refractivity contribution in [1.82, 2.24) is 0 Å². The van der Waals surface area contributed by atoms with E-state index in [2.05, 4.69) is 26.0 Å². The smallest absolute Gasteiger partial charge is 0.0613 e. The predicted octanol–water partition coefficient (Wildman–Crippen LogP) is 3.81. The minimum Gasteiger partial charge on any atom is -0.392 e. The maximum Gasteiger partial charge on any atom is 0.0613 e. The molecule has 17 heavy (non-hydrogen) atoms. The van der Waals surface area contributed by atoms with Crippen molar-refractivity contribution >= 4 is 0 Å². The Bertz CT molecular complexity index is 342. The van der Waals surface area contributed by atoms with Crippen molar-refractivity contribution in [1.29, 1.82) is 0 Å². The van der Waals surface area contributed by atoms with Crippen LogP contribution in [0.4, 0.5) is 0 Å². The molecule has 1 aliphatic carbocycles. The van der Waals surface area contributed by atoms with Gasteiger partial charge in [0.05, 0.1) is 6.10 Å². The summed E-state index contributed by atoms with van der Waals surface area (Å²) in [6.07, 6.45) is 5.65. The third kappa shape index (κ3) is 3.10. The highest BCUT2D eigenvalue weighted by molar-refractivity contribution is 5.15. The molecule has 0 radical (unpaired) electrons. The molecule has 94 valence electrons. The molecule has 1 heteroatoms. The Hall–Kier alpha value is -0.820. The summed E-state index contributed by atoms with van der Waals surface area (Å²) in [5.41, 5.74) is 1.55. The summed E-state index contributed by atoms with van der Waals surface area (Å²) in [5.74, 6) is 0.455. The Balaban J connectivity index is 2.02. The standard InChI is InChI=1S/C16H24O/c1-16(2)11-7-6-10-14(16)15(17)12-13-8-4-3-5-9-13/h3-5,8-9,14-15,17H,6-7,10-12H2,1-2H3. The zero-order valence-electron chi connectivity index (χ0n) is 11.0. The molecule has 1 aliphatic rings. The van der Waals surface area contributed by atoms with E-state index in [9.17, 15) is 5.11 Å². The molecule has 1 nitrogen and oxygen atoms in total. The van der Waals surface area contributed by atoms with E-state index in [0.29, 0.717) is 11.3 Å². The third-order valence-corrected chi connectivity index (χ3v) is 4.34. The third-order valence-electron chi connectivity index (χ3n) is 4.34. The van der Waals surface area contributed by atoms with Crippen LogP contribution in [0.15, 0.2) is 30.3 Å². The van der Waals surface area contributed by atoms with Gasteiger partial charge < -0.3 is 5.11 Å². The summed E-state index contributed by atoms with van der Waals surface area (Å²) in [6, 6.07) is 10.3. The van der Waals surface area contributed by atoms with Gasteiger partial charge in [-0.25, -0.2) is 0 Å². The Kier molecular flexibility index (Phi) is 3.88. The first-order chi connectivity index (χ1) is 8.09. The van der Waals surface area contributed by atoms with Crippen LogP contribution in [0, 0.1) is 11.3 Å². The average Bonchev–Trinajstić information content (AvgIpc) is 2.29. The molecule has 1 aromatic carbocycles. The molecule has 0 aliphatic heterocycles. The van der Waals surface area contributed by atoms with Gasteiger partial charge in [-0.2, -0.15) is 0 Å². The Morgan fingerprint density at radius 3 is 2.59 bits per heavy atom. The molecule has 1 N–H and O–H groups in total. The predicted molar refractivity (Wildman–Crippen MR) is 71.9 cm³/mol. The molecule has 0 saturated heterocycles. The lowest BCUT2D eigenvalue weighted by Gasteiger charge is -2.41. The van der Waals surface area contributed by atoms with Crippen molar-refractivity contribution in [2.75, 3.05) is 0 Å². The summed E-state index contributed by atoms with van der Waals surface area (Å²) in [4.78, 5) is 0. The average molecular weight is 232 g/mol. The highest BCUT2D eigenvalue weighted by Gasteiger charge is 2.36. The summed E-state index contributed by atoms with van der Waals surface area (Å²) in [5, 5.41) is 10.5. The number of hydrogen-bond acceptors (Lipinski definition) is 1. The zero-order valence-corrected chi connectivity index (χ0v) is 11.0. The van der Waals surface area contributed by atoms with Gasteiger partial charge >= 0.3 is 0 Å². The maximum absolute atomic E-state index is 10.5. The fourth-order valence-corrected chi connectivity index (χ4v) is 3.23. The van der Waals surface area contributed by atoms with Crippen LogP contribution in [-0.2, 0) is 6.42 Å². The van der Waals surface area contributed by atoms with Crippen LogP contribution in [0.3, 0.4) is 0 Å². The maximum atomic E-state index is 10.5. The molecule has 0 bridgehead atoms. The lowest BCUT2D eigenvalue weighted by Crippen LogP contribution is -2.37. The highest BCUT2D eigenvalue weighted by atomic mass is 16.3. The van der Waals surface area contributed by atoms with E-state index >= 15 is 0 Å². The van der Waals surface area contributed by atoms with Crippen LogP contribution < -0.4 is 0 Å². The van der Waals surface area contributed by atoms with Gasteiger partial charge in [-0.3, -0.25) is 0 Å². The largest absolute Gasteiger partial charge is 0.392 e. The zero-order chi connectivity index (χ0) is 12.3. The van der Waals surface area contributed by atoms with Gasteiger partial charge in [0.1, 0.15) is 0 Å². The van der Waals surface area contributed by atoms with Crippen LogP contribution in [-0.4, -0.2) is 11.2 Å². The number of hydrogen-bond donors (Lipinski definition) is 1. The number of aliphatic hydroxyl groups is 1. The van der Waals surface area contributed by atoms with Gasteiger partial charge in [-0.15, -0.1) is 0 Å². The van der Waals surface area contributed by atoms with E-state index in [-0.39, 0.29) is 6.10 Å². The minimum absolute atomic E-state index is 0.187. The molecular weight excluding hydrogens is 208 g/mol. The number of aliphatic hydroxyl groups excluding tert-OH is 1. The van der Waals surface area contributed by atoms with Crippen molar-refractivity contribution in [3.63, 3.8) is 0 Å². The quantitative estimate of drug-likeness (QED) is 0.840. The second-order valence-corrected chi connectivity index (χ2v) is 6.10. The molecule has 1 saturated carbocycles. The first kappa shape index (κ1) is 12.6. The molecule has 2 unspecified atom stereocenters. The van der Waals surface area contributed by atoms with E-state index in [1.54, 1.807) is 0 Å². The van der Waals surface area contributed by atoms with E-state index in [1.165, 1.54) is 31.2 Å². The SMILES string of the molecule is CC1(C)CCCCC1C(O)Cc1ccccc1. The lowest BCUT2D eigenvalue weighted by atomic mass is 9.66. The first-order valence-corrected chi connectivity index (χ1v) is 6.81. The Labute approximate surface area is 105 Å². The molecule has 2 atom stereocenters. The van der Waals surface area contributed by atoms with E-state index in [1.807, 2.05) is 18.2 Å². The van der Waals surface area contributed by atoms with Crippen molar-refractivity contribution in [3.05, 3.63) is 35.9 Å². The summed E-state index contributed by atoms with van der Waals surface area (Å²) in [6.45, 7) is 4.62. The molecule has 2 rings (SSSR count). The Morgan fingerprint density at radius 2 is 1.94 bits per heavy atom. The van der Waals surface area contributed by atoms with Gasteiger partial charge in [0, 0.05) is 0 Å². The fraction of sp³-hybridized carbons (Fsp3) is 0.625. The van der Waals surface area contributed by atoms with E-state index in [4.69, 9.17) is 0 Å². The molecule has 0 spiro atoms. The number of benzene rings is 1. The van der Waals surface area contributed by atoms with Crippen LogP contribution in [0.5, 0.6) is 0 Å². The fourth-order valence-electron chi connectivity index (χ4n) is 3.23. The van der Waals surface area contributed by atoms with Gasteiger partial charge in [0.15, 0.2) is 0 Å². The first-order valence-electron chi connectivity index (χ1n) is 6.81. The monoisotopic (exact) mass is 232 g/mol. The van der Waals surface area contributed by atoms with Crippen LogP contribution in [0.1, 0.15) is 45.1 Å². The molecule has 1 aromatic rings. The van der Waals surface area contributed by atoms with Crippen LogP contribution >= 0.6 is 0 Å². The lowest BCUT2D eigenvalue weighted by molar-refractivity contribution is 0.00581. The topological polar surface area (TPSA) is 20.2 Å². The molecular formula is C16H24O. The van der Waals surface area contributed by atoms with Crippen LogP contribution in [0.2, 0.25) is 0 Å². The van der Waals surface area contributed by atoms with Gasteiger partial charge in [-0.05, 0) is 36.2 Å². The Morgan fingerprint density at radius 1 is 1.24 bits per heavy atom. The second-order valence-electron chi connectivity index (χ2n) is 6.10. The van der Waals surface area contributed by atoms with E-state index < -0.39 is 0 Å².